The summed E-state index contributed by atoms with van der Waals surface area (Å²) in [5, 5.41) is 10.3. The third-order valence-corrected chi connectivity index (χ3v) is 3.10. The average Bonchev–Trinajstić information content (AvgIpc) is 2.93. The second-order valence-corrected chi connectivity index (χ2v) is 4.45. The smallest absolute Gasteiger partial charge is 0.251 e. The highest BCUT2D eigenvalue weighted by atomic mass is 19.1. The summed E-state index contributed by atoms with van der Waals surface area (Å²) in [5.74, 6) is -0.568. The molecule has 3 rings (SSSR count). The molecular weight excluding hydrogens is 257 g/mol. The lowest BCUT2D eigenvalue weighted by atomic mass is 10.1. The number of benzene rings is 2. The standard InChI is InChI=1S/C15H12FN3O/c16-13-4-2-1-3-11(13)8-17-15(20)10-5-6-12-9-18-19-14(12)7-10/h1-7,9H,8H2,(H,17,20)(H,18,19). The molecule has 0 aliphatic heterocycles. The fourth-order valence-electron chi connectivity index (χ4n) is 2.00. The van der Waals surface area contributed by atoms with Gasteiger partial charge in [-0.25, -0.2) is 4.39 Å². The summed E-state index contributed by atoms with van der Waals surface area (Å²) >= 11 is 0. The molecule has 2 N–H and O–H groups in total. The normalized spacial score (nSPS) is 10.7. The Kier molecular flexibility index (Phi) is 3.16. The number of halogens is 1. The molecule has 1 amide bonds. The summed E-state index contributed by atoms with van der Waals surface area (Å²) in [5.41, 5.74) is 1.77. The van der Waals surface area contributed by atoms with Crippen LogP contribution in [-0.4, -0.2) is 16.1 Å². The van der Waals surface area contributed by atoms with E-state index in [1.54, 1.807) is 36.5 Å². The van der Waals surface area contributed by atoms with E-state index < -0.39 is 0 Å². The van der Waals surface area contributed by atoms with E-state index in [9.17, 15) is 9.18 Å². The van der Waals surface area contributed by atoms with Gasteiger partial charge >= 0.3 is 0 Å². The van der Waals surface area contributed by atoms with Crippen LogP contribution in [0.5, 0.6) is 0 Å². The van der Waals surface area contributed by atoms with Gasteiger partial charge in [-0.3, -0.25) is 9.89 Å². The predicted octanol–water partition coefficient (Wildman–Crippen LogP) is 2.63. The number of nitrogens with one attached hydrogen (secondary N) is 2. The highest BCUT2D eigenvalue weighted by molar-refractivity contribution is 5.97. The van der Waals surface area contributed by atoms with Crippen LogP contribution in [0.1, 0.15) is 15.9 Å². The Labute approximate surface area is 114 Å². The predicted molar refractivity (Wildman–Crippen MR) is 73.7 cm³/mol. The molecule has 0 saturated heterocycles. The molecule has 5 heteroatoms. The van der Waals surface area contributed by atoms with E-state index in [1.165, 1.54) is 6.07 Å². The zero-order chi connectivity index (χ0) is 13.9. The third kappa shape index (κ3) is 2.38. The first kappa shape index (κ1) is 12.3. The van der Waals surface area contributed by atoms with Crippen molar-refractivity contribution < 1.29 is 9.18 Å². The van der Waals surface area contributed by atoms with Crippen molar-refractivity contribution in [3.63, 3.8) is 0 Å². The maximum atomic E-state index is 13.4. The van der Waals surface area contributed by atoms with E-state index in [1.807, 2.05) is 6.07 Å². The molecule has 0 radical (unpaired) electrons. The van der Waals surface area contributed by atoms with Gasteiger partial charge in [0.05, 0.1) is 11.7 Å². The Hall–Kier alpha value is -2.69. The number of nitrogens with zero attached hydrogens (tertiary/aromatic N) is 1. The van der Waals surface area contributed by atoms with Gasteiger partial charge in [0.25, 0.3) is 5.91 Å². The first-order valence-electron chi connectivity index (χ1n) is 6.19. The highest BCUT2D eigenvalue weighted by Gasteiger charge is 2.08. The largest absolute Gasteiger partial charge is 0.348 e. The molecule has 0 aliphatic carbocycles. The van der Waals surface area contributed by atoms with Crippen LogP contribution >= 0.6 is 0 Å². The van der Waals surface area contributed by atoms with Gasteiger partial charge in [-0.05, 0) is 18.2 Å². The molecule has 0 aliphatic rings. The number of hydrogen-bond donors (Lipinski definition) is 2. The van der Waals surface area contributed by atoms with Gasteiger partial charge in [0.1, 0.15) is 5.82 Å². The van der Waals surface area contributed by atoms with Gasteiger partial charge in [0.15, 0.2) is 0 Å². The van der Waals surface area contributed by atoms with Crippen molar-refractivity contribution >= 4 is 16.8 Å². The minimum absolute atomic E-state index is 0.159. The van der Waals surface area contributed by atoms with E-state index in [0.717, 1.165) is 10.9 Å². The monoisotopic (exact) mass is 269 g/mol. The number of rotatable bonds is 3. The molecule has 0 unspecified atom stereocenters. The maximum Gasteiger partial charge on any atom is 0.251 e. The molecule has 0 fully saturated rings. The Bertz CT molecular complexity index is 766. The SMILES string of the molecule is O=C(NCc1ccccc1F)c1ccc2cn[nH]c2c1. The number of amides is 1. The molecule has 4 nitrogen and oxygen atoms in total. The molecule has 3 aromatic rings. The lowest BCUT2D eigenvalue weighted by Gasteiger charge is -2.06. The van der Waals surface area contributed by atoms with Crippen LogP contribution in [0.4, 0.5) is 4.39 Å². The Morgan fingerprint density at radius 2 is 2.10 bits per heavy atom. The van der Waals surface area contributed by atoms with Crippen LogP contribution in [-0.2, 0) is 6.54 Å². The number of aromatic amines is 1. The minimum Gasteiger partial charge on any atom is -0.348 e. The first-order chi connectivity index (χ1) is 9.74. The summed E-state index contributed by atoms with van der Waals surface area (Å²) in [7, 11) is 0. The van der Waals surface area contributed by atoms with Crippen molar-refractivity contribution in [1.29, 1.82) is 0 Å². The van der Waals surface area contributed by atoms with Crippen molar-refractivity contribution in [3.05, 3.63) is 65.6 Å². The molecule has 100 valence electrons. The van der Waals surface area contributed by atoms with Gasteiger partial charge < -0.3 is 5.32 Å². The zero-order valence-corrected chi connectivity index (χ0v) is 10.6. The van der Waals surface area contributed by atoms with E-state index in [-0.39, 0.29) is 18.3 Å². The molecule has 1 heterocycles. The molecule has 20 heavy (non-hydrogen) atoms. The molecule has 0 atom stereocenters. The van der Waals surface area contributed by atoms with Crippen molar-refractivity contribution in [1.82, 2.24) is 15.5 Å². The van der Waals surface area contributed by atoms with E-state index >= 15 is 0 Å². The number of aromatic nitrogens is 2. The van der Waals surface area contributed by atoms with Gasteiger partial charge in [-0.2, -0.15) is 5.10 Å². The van der Waals surface area contributed by atoms with Gasteiger partial charge in [-0.15, -0.1) is 0 Å². The zero-order valence-electron chi connectivity index (χ0n) is 10.6. The summed E-state index contributed by atoms with van der Waals surface area (Å²) < 4.78 is 13.4. The minimum atomic E-state index is -0.322. The molecule has 0 bridgehead atoms. The van der Waals surface area contributed by atoms with E-state index in [4.69, 9.17) is 0 Å². The summed E-state index contributed by atoms with van der Waals surface area (Å²) in [6.45, 7) is 0.159. The molecular formula is C15H12FN3O. The molecule has 2 aromatic carbocycles. The first-order valence-corrected chi connectivity index (χ1v) is 6.19. The Morgan fingerprint density at radius 1 is 1.25 bits per heavy atom. The second kappa shape index (κ2) is 5.13. The van der Waals surface area contributed by atoms with Gasteiger partial charge in [0, 0.05) is 23.1 Å². The fraction of sp³-hybridized carbons (Fsp3) is 0.0667. The van der Waals surface area contributed by atoms with Gasteiger partial charge in [-0.1, -0.05) is 24.3 Å². The third-order valence-electron chi connectivity index (χ3n) is 3.10. The van der Waals surface area contributed by atoms with Crippen LogP contribution in [0.15, 0.2) is 48.7 Å². The average molecular weight is 269 g/mol. The topological polar surface area (TPSA) is 57.8 Å². The summed E-state index contributed by atoms with van der Waals surface area (Å²) in [6, 6.07) is 11.6. The van der Waals surface area contributed by atoms with E-state index in [0.29, 0.717) is 11.1 Å². The van der Waals surface area contributed by atoms with Gasteiger partial charge in [0.2, 0.25) is 0 Å². The quantitative estimate of drug-likeness (QED) is 0.768. The van der Waals surface area contributed by atoms with Crippen molar-refractivity contribution in [2.24, 2.45) is 0 Å². The Morgan fingerprint density at radius 3 is 2.95 bits per heavy atom. The fourth-order valence-corrected chi connectivity index (χ4v) is 2.00. The number of H-pyrrole nitrogens is 1. The number of hydrogen-bond acceptors (Lipinski definition) is 2. The molecule has 1 aromatic heterocycles. The lowest BCUT2D eigenvalue weighted by Crippen LogP contribution is -2.23. The van der Waals surface area contributed by atoms with Crippen LogP contribution in [0.25, 0.3) is 10.9 Å². The van der Waals surface area contributed by atoms with Crippen molar-refractivity contribution in [2.45, 2.75) is 6.54 Å². The van der Waals surface area contributed by atoms with Crippen LogP contribution in [0, 0.1) is 5.82 Å². The van der Waals surface area contributed by atoms with Crippen LogP contribution in [0.2, 0.25) is 0 Å². The van der Waals surface area contributed by atoms with Crippen LogP contribution in [0.3, 0.4) is 0 Å². The number of carbonyl (C=O) groups excluding carboxylic acids is 1. The number of fused-ring (bicyclic) bond motifs is 1. The van der Waals surface area contributed by atoms with Crippen molar-refractivity contribution in [3.8, 4) is 0 Å². The second-order valence-electron chi connectivity index (χ2n) is 4.45. The number of carbonyl (C=O) groups is 1. The Balaban J connectivity index is 1.74. The summed E-state index contributed by atoms with van der Waals surface area (Å²) in [4.78, 5) is 12.0. The van der Waals surface area contributed by atoms with Crippen LogP contribution < -0.4 is 5.32 Å². The van der Waals surface area contributed by atoms with Crippen molar-refractivity contribution in [2.75, 3.05) is 0 Å². The lowest BCUT2D eigenvalue weighted by molar-refractivity contribution is 0.0950. The molecule has 0 saturated carbocycles. The summed E-state index contributed by atoms with van der Waals surface area (Å²) in [6.07, 6.45) is 1.69. The van der Waals surface area contributed by atoms with E-state index in [2.05, 4.69) is 15.5 Å². The highest BCUT2D eigenvalue weighted by Crippen LogP contribution is 2.13. The molecule has 0 spiro atoms. The maximum absolute atomic E-state index is 13.4.